The predicted molar refractivity (Wildman–Crippen MR) is 139 cm³/mol. The Labute approximate surface area is 216 Å². The molecule has 0 radical (unpaired) electrons. The van der Waals surface area contributed by atoms with Crippen LogP contribution in [0.15, 0.2) is 54.6 Å². The van der Waals surface area contributed by atoms with Crippen molar-refractivity contribution in [3.8, 4) is 11.8 Å². The van der Waals surface area contributed by atoms with Crippen LogP contribution in [0.1, 0.15) is 62.9 Å². The van der Waals surface area contributed by atoms with E-state index in [4.69, 9.17) is 9.47 Å². The molecule has 0 saturated heterocycles. The monoisotopic (exact) mass is 499 g/mol. The van der Waals surface area contributed by atoms with Crippen LogP contribution in [0.2, 0.25) is 0 Å². The van der Waals surface area contributed by atoms with Crippen LogP contribution in [0.4, 0.5) is 5.82 Å². The topological polar surface area (TPSA) is 110 Å². The summed E-state index contributed by atoms with van der Waals surface area (Å²) in [4.78, 5) is 44.2. The number of esters is 1. The molecule has 8 nitrogen and oxygen atoms in total. The van der Waals surface area contributed by atoms with Crippen molar-refractivity contribution in [2.24, 2.45) is 0 Å². The smallest absolute Gasteiger partial charge is 0.306 e. The number of aromatic nitrogens is 1. The number of ether oxygens (including phenoxy) is 2. The quantitative estimate of drug-likeness (QED) is 0.287. The molecule has 0 aliphatic rings. The number of amides is 1. The average molecular weight is 500 g/mol. The second-order valence-corrected chi connectivity index (χ2v) is 8.45. The fraction of sp³-hybridized carbons (Fsp3) is 0.276. The number of nitriles is 1. The minimum Gasteiger partial charge on any atom is -0.485 e. The van der Waals surface area contributed by atoms with Crippen molar-refractivity contribution in [2.75, 3.05) is 18.6 Å². The molecule has 8 heteroatoms. The molecule has 190 valence electrons. The molecule has 3 aromatic rings. The van der Waals surface area contributed by atoms with E-state index in [9.17, 15) is 19.6 Å². The van der Waals surface area contributed by atoms with Gasteiger partial charge < -0.3 is 9.47 Å². The van der Waals surface area contributed by atoms with Crippen molar-refractivity contribution in [3.05, 3.63) is 88.1 Å². The van der Waals surface area contributed by atoms with Crippen molar-refractivity contribution in [1.82, 2.24) is 4.98 Å². The second-order valence-electron chi connectivity index (χ2n) is 8.45. The highest BCUT2D eigenvalue weighted by atomic mass is 16.5. The third-order valence-corrected chi connectivity index (χ3v) is 5.77. The van der Waals surface area contributed by atoms with Crippen molar-refractivity contribution >= 4 is 23.5 Å². The molecule has 0 unspecified atom stereocenters. The summed E-state index contributed by atoms with van der Waals surface area (Å²) in [5.41, 5.74) is 2.89. The lowest BCUT2D eigenvalue weighted by Gasteiger charge is -2.21. The summed E-state index contributed by atoms with van der Waals surface area (Å²) >= 11 is 0. The van der Waals surface area contributed by atoms with E-state index in [0.717, 1.165) is 16.7 Å². The maximum absolute atomic E-state index is 13.4. The molecule has 2 aromatic carbocycles. The minimum atomic E-state index is -0.512. The number of benzene rings is 2. The number of aryl methyl sites for hydroxylation is 2. The molecule has 1 aromatic heterocycles. The van der Waals surface area contributed by atoms with E-state index in [2.05, 4.69) is 11.1 Å². The van der Waals surface area contributed by atoms with E-state index in [0.29, 0.717) is 5.56 Å². The number of hydrogen-bond acceptors (Lipinski definition) is 7. The Hall–Kier alpha value is -4.51. The molecule has 0 aliphatic heterocycles. The molecule has 1 amide bonds. The zero-order valence-corrected chi connectivity index (χ0v) is 21.4. The van der Waals surface area contributed by atoms with Gasteiger partial charge in [-0.25, -0.2) is 4.98 Å². The van der Waals surface area contributed by atoms with E-state index in [1.165, 1.54) is 18.0 Å². The number of carbonyl (C=O) groups is 3. The molecule has 0 atom stereocenters. The standard InChI is InChI=1S/C29H29N3O5/c1-5-36-25(34)15-14-23(33)27-28(37-18-21-12-7-6-8-13-21)22(17-30)16-24(31-27)32(4)29(35)26-19(2)10-9-11-20(26)3/h6-13,16H,5,14-15,18H2,1-4H3. The maximum atomic E-state index is 13.4. The fourth-order valence-electron chi connectivity index (χ4n) is 3.83. The van der Waals surface area contributed by atoms with E-state index in [1.807, 2.05) is 62.4 Å². The highest BCUT2D eigenvalue weighted by Gasteiger charge is 2.25. The maximum Gasteiger partial charge on any atom is 0.306 e. The van der Waals surface area contributed by atoms with Crippen LogP contribution in [0.5, 0.6) is 5.75 Å². The van der Waals surface area contributed by atoms with Crippen molar-refractivity contribution in [1.29, 1.82) is 5.26 Å². The first kappa shape index (κ1) is 27.1. The van der Waals surface area contributed by atoms with Gasteiger partial charge in [-0.2, -0.15) is 5.26 Å². The molecule has 1 heterocycles. The van der Waals surface area contributed by atoms with Crippen LogP contribution >= 0.6 is 0 Å². The third-order valence-electron chi connectivity index (χ3n) is 5.77. The number of pyridine rings is 1. The average Bonchev–Trinajstić information content (AvgIpc) is 2.90. The van der Waals surface area contributed by atoms with Gasteiger partial charge in [0.1, 0.15) is 24.1 Å². The van der Waals surface area contributed by atoms with Crippen molar-refractivity contribution < 1.29 is 23.9 Å². The van der Waals surface area contributed by atoms with Crippen LogP contribution in [0.25, 0.3) is 0 Å². The number of carbonyl (C=O) groups excluding carboxylic acids is 3. The molecule has 0 N–H and O–H groups in total. The molecular weight excluding hydrogens is 470 g/mol. The minimum absolute atomic E-state index is 0.0110. The number of ketones is 1. The molecule has 0 fully saturated rings. The van der Waals surface area contributed by atoms with Gasteiger partial charge in [-0.1, -0.05) is 48.5 Å². The van der Waals surface area contributed by atoms with Gasteiger partial charge in [-0.15, -0.1) is 0 Å². The Morgan fingerprint density at radius 2 is 1.68 bits per heavy atom. The van der Waals surface area contributed by atoms with Crippen LogP contribution in [-0.2, 0) is 16.1 Å². The molecule has 0 aliphatic carbocycles. The summed E-state index contributed by atoms with van der Waals surface area (Å²) in [6.07, 6.45) is -0.327. The zero-order valence-electron chi connectivity index (χ0n) is 21.4. The molecule has 0 saturated carbocycles. The van der Waals surface area contributed by atoms with Gasteiger partial charge in [-0.3, -0.25) is 19.3 Å². The first-order valence-corrected chi connectivity index (χ1v) is 11.9. The van der Waals surface area contributed by atoms with Crippen LogP contribution < -0.4 is 9.64 Å². The Balaban J connectivity index is 2.02. The Kier molecular flexibility index (Phi) is 9.11. The summed E-state index contributed by atoms with van der Waals surface area (Å²) < 4.78 is 10.8. The van der Waals surface area contributed by atoms with Crippen LogP contribution in [0.3, 0.4) is 0 Å². The first-order chi connectivity index (χ1) is 17.8. The van der Waals surface area contributed by atoms with Crippen LogP contribution in [0, 0.1) is 25.2 Å². The summed E-state index contributed by atoms with van der Waals surface area (Å²) in [5.74, 6) is -1.20. The largest absolute Gasteiger partial charge is 0.485 e. The predicted octanol–water partition coefficient (Wildman–Crippen LogP) is 4.95. The number of rotatable bonds is 10. The van der Waals surface area contributed by atoms with Gasteiger partial charge in [0.25, 0.3) is 5.91 Å². The molecular formula is C29H29N3O5. The summed E-state index contributed by atoms with van der Waals surface area (Å²) in [5, 5.41) is 9.91. The van der Waals surface area contributed by atoms with Gasteiger partial charge in [0.05, 0.1) is 13.0 Å². The summed E-state index contributed by atoms with van der Waals surface area (Å²) in [6.45, 7) is 5.67. The third kappa shape index (κ3) is 6.58. The number of hydrogen-bond donors (Lipinski definition) is 0. The lowest BCUT2D eigenvalue weighted by Crippen LogP contribution is -2.29. The van der Waals surface area contributed by atoms with Crippen molar-refractivity contribution in [3.63, 3.8) is 0 Å². The van der Waals surface area contributed by atoms with Gasteiger partial charge in [0.15, 0.2) is 17.2 Å². The highest BCUT2D eigenvalue weighted by molar-refractivity contribution is 6.08. The van der Waals surface area contributed by atoms with E-state index in [-0.39, 0.29) is 54.8 Å². The van der Waals surface area contributed by atoms with Gasteiger partial charge in [0.2, 0.25) is 0 Å². The van der Waals surface area contributed by atoms with E-state index >= 15 is 0 Å². The lowest BCUT2D eigenvalue weighted by molar-refractivity contribution is -0.143. The Bertz CT molecular complexity index is 1330. The highest BCUT2D eigenvalue weighted by Crippen LogP contribution is 2.30. The zero-order chi connectivity index (χ0) is 26.9. The Morgan fingerprint density at radius 1 is 1.00 bits per heavy atom. The number of Topliss-reactive ketones (excluding diaryl/α,β-unsaturated/α-hetero) is 1. The molecule has 0 bridgehead atoms. The second kappa shape index (κ2) is 12.5. The SMILES string of the molecule is CCOC(=O)CCC(=O)c1nc(N(C)C(=O)c2c(C)cccc2C)cc(C#N)c1OCc1ccccc1. The fourth-order valence-corrected chi connectivity index (χ4v) is 3.83. The first-order valence-electron chi connectivity index (χ1n) is 11.9. The van der Waals surface area contributed by atoms with E-state index < -0.39 is 11.8 Å². The van der Waals surface area contributed by atoms with Crippen LogP contribution in [-0.4, -0.2) is 36.3 Å². The van der Waals surface area contributed by atoms with Gasteiger partial charge >= 0.3 is 5.97 Å². The lowest BCUT2D eigenvalue weighted by atomic mass is 10.0. The number of anilines is 1. The van der Waals surface area contributed by atoms with Gasteiger partial charge in [-0.05, 0) is 37.5 Å². The van der Waals surface area contributed by atoms with Gasteiger partial charge in [0, 0.05) is 25.1 Å². The number of nitrogens with zero attached hydrogens (tertiary/aromatic N) is 3. The molecule has 0 spiro atoms. The van der Waals surface area contributed by atoms with Crippen molar-refractivity contribution in [2.45, 2.75) is 40.2 Å². The van der Waals surface area contributed by atoms with E-state index in [1.54, 1.807) is 6.92 Å². The summed E-state index contributed by atoms with van der Waals surface area (Å²) in [6, 6.07) is 18.3. The Morgan fingerprint density at radius 3 is 2.30 bits per heavy atom. The summed E-state index contributed by atoms with van der Waals surface area (Å²) in [7, 11) is 1.54. The molecule has 37 heavy (non-hydrogen) atoms. The normalized spacial score (nSPS) is 10.4. The molecule has 3 rings (SSSR count).